The van der Waals surface area contributed by atoms with Gasteiger partial charge in [0, 0.05) is 19.3 Å². The van der Waals surface area contributed by atoms with Crippen molar-refractivity contribution >= 4 is 35.6 Å². The fraction of sp³-hybridized carbons (Fsp3) is 0.333. The molecule has 14 nitrogen and oxygen atoms in total. The Labute approximate surface area is 235 Å². The minimum atomic E-state index is -1.69. The van der Waals surface area contributed by atoms with Crippen molar-refractivity contribution in [3.8, 4) is 5.75 Å². The number of phenols is 1. The molecule has 10 N–H and O–H groups in total. The third-order valence-electron chi connectivity index (χ3n) is 5.96. The van der Waals surface area contributed by atoms with Gasteiger partial charge in [0.2, 0.25) is 23.6 Å². The van der Waals surface area contributed by atoms with Crippen molar-refractivity contribution in [2.75, 3.05) is 0 Å². The average Bonchev–Trinajstić information content (AvgIpc) is 2.91. The van der Waals surface area contributed by atoms with Crippen LogP contribution in [0, 0.1) is 0 Å². The summed E-state index contributed by atoms with van der Waals surface area (Å²) >= 11 is 0. The van der Waals surface area contributed by atoms with E-state index in [4.69, 9.17) is 11.5 Å². The van der Waals surface area contributed by atoms with Gasteiger partial charge in [-0.1, -0.05) is 42.5 Å². The van der Waals surface area contributed by atoms with E-state index in [2.05, 4.69) is 16.0 Å². The maximum absolute atomic E-state index is 13.3. The number of benzene rings is 2. The van der Waals surface area contributed by atoms with Crippen LogP contribution in [0.15, 0.2) is 54.6 Å². The number of carbonyl (C=O) groups excluding carboxylic acids is 4. The SMILES string of the molecule is NC(=O)CCC(N)C(=O)NC(Cc1ccc(O)cc1)C(=O)NC(CC(=O)O)C(=O)NC(Cc1ccccc1)C(=O)O. The van der Waals surface area contributed by atoms with Crippen LogP contribution in [0.3, 0.4) is 0 Å². The number of aliphatic carboxylic acids is 2. The number of nitrogens with two attached hydrogens (primary N) is 2. The van der Waals surface area contributed by atoms with Gasteiger partial charge in [-0.05, 0) is 29.7 Å². The summed E-state index contributed by atoms with van der Waals surface area (Å²) in [5, 5.41) is 35.5. The Kier molecular flexibility index (Phi) is 12.2. The van der Waals surface area contributed by atoms with Gasteiger partial charge in [0.1, 0.15) is 23.9 Å². The molecular formula is C27H33N5O9. The molecule has 0 aliphatic carbocycles. The van der Waals surface area contributed by atoms with Crippen LogP contribution in [0.5, 0.6) is 5.75 Å². The Hall–Kier alpha value is -4.98. The number of rotatable bonds is 16. The number of aromatic hydroxyl groups is 1. The van der Waals surface area contributed by atoms with Crippen molar-refractivity contribution in [3.63, 3.8) is 0 Å². The summed E-state index contributed by atoms with van der Waals surface area (Å²) in [6.07, 6.45) is -1.41. The maximum atomic E-state index is 13.3. The van der Waals surface area contributed by atoms with Crippen molar-refractivity contribution in [2.24, 2.45) is 11.5 Å². The van der Waals surface area contributed by atoms with Gasteiger partial charge >= 0.3 is 11.9 Å². The Morgan fingerprint density at radius 1 is 0.707 bits per heavy atom. The second-order valence-corrected chi connectivity index (χ2v) is 9.29. The predicted molar refractivity (Wildman–Crippen MR) is 144 cm³/mol. The number of primary amides is 1. The lowest BCUT2D eigenvalue weighted by Crippen LogP contribution is -2.58. The molecule has 220 valence electrons. The molecule has 0 aromatic heterocycles. The summed E-state index contributed by atoms with van der Waals surface area (Å²) in [5.41, 5.74) is 12.0. The Balaban J connectivity index is 2.23. The lowest BCUT2D eigenvalue weighted by molar-refractivity contribution is -0.143. The van der Waals surface area contributed by atoms with E-state index in [0.717, 1.165) is 0 Å². The highest BCUT2D eigenvalue weighted by Crippen LogP contribution is 2.12. The van der Waals surface area contributed by atoms with Gasteiger partial charge in [-0.25, -0.2) is 4.79 Å². The minimum Gasteiger partial charge on any atom is -0.508 e. The van der Waals surface area contributed by atoms with E-state index >= 15 is 0 Å². The van der Waals surface area contributed by atoms with E-state index in [9.17, 15) is 44.1 Å². The van der Waals surface area contributed by atoms with E-state index in [1.807, 2.05) is 0 Å². The van der Waals surface area contributed by atoms with Gasteiger partial charge in [-0.15, -0.1) is 0 Å². The summed E-state index contributed by atoms with van der Waals surface area (Å²) in [7, 11) is 0. The predicted octanol–water partition coefficient (Wildman–Crippen LogP) is -1.22. The number of carboxylic acid groups (broad SMARTS) is 2. The van der Waals surface area contributed by atoms with Gasteiger partial charge in [0.25, 0.3) is 0 Å². The van der Waals surface area contributed by atoms with Crippen LogP contribution in [0.4, 0.5) is 0 Å². The van der Waals surface area contributed by atoms with Gasteiger partial charge in [-0.2, -0.15) is 0 Å². The first-order valence-corrected chi connectivity index (χ1v) is 12.6. The van der Waals surface area contributed by atoms with E-state index < -0.39 is 66.2 Å². The summed E-state index contributed by atoms with van der Waals surface area (Å²) in [4.78, 5) is 73.3. The molecule has 0 fully saturated rings. The van der Waals surface area contributed by atoms with Crippen molar-refractivity contribution in [3.05, 3.63) is 65.7 Å². The van der Waals surface area contributed by atoms with E-state index in [-0.39, 0.29) is 31.4 Å². The third kappa shape index (κ3) is 11.3. The molecule has 0 saturated carbocycles. The Morgan fingerprint density at radius 2 is 1.22 bits per heavy atom. The molecule has 0 spiro atoms. The van der Waals surface area contributed by atoms with E-state index in [1.54, 1.807) is 30.3 Å². The molecule has 4 amide bonds. The summed E-state index contributed by atoms with van der Waals surface area (Å²) in [5.74, 6) is -6.37. The van der Waals surface area contributed by atoms with Crippen molar-refractivity contribution < 1.29 is 44.1 Å². The molecule has 41 heavy (non-hydrogen) atoms. The first kappa shape index (κ1) is 32.2. The Morgan fingerprint density at radius 3 is 1.78 bits per heavy atom. The highest BCUT2D eigenvalue weighted by molar-refractivity contribution is 5.95. The number of amides is 4. The topological polar surface area (TPSA) is 251 Å². The fourth-order valence-corrected chi connectivity index (χ4v) is 3.76. The number of carboxylic acids is 2. The zero-order valence-corrected chi connectivity index (χ0v) is 22.0. The quantitative estimate of drug-likeness (QED) is 0.119. The molecule has 2 rings (SSSR count). The van der Waals surface area contributed by atoms with Gasteiger partial charge in [0.05, 0.1) is 12.5 Å². The molecule has 0 aliphatic heterocycles. The smallest absolute Gasteiger partial charge is 0.326 e. The van der Waals surface area contributed by atoms with Crippen molar-refractivity contribution in [2.45, 2.75) is 56.3 Å². The molecule has 4 atom stereocenters. The summed E-state index contributed by atoms with van der Waals surface area (Å²) in [6.45, 7) is 0. The normalized spacial score (nSPS) is 13.6. The second-order valence-electron chi connectivity index (χ2n) is 9.29. The molecule has 14 heteroatoms. The largest absolute Gasteiger partial charge is 0.508 e. The minimum absolute atomic E-state index is 0.0473. The van der Waals surface area contributed by atoms with Crippen LogP contribution < -0.4 is 27.4 Å². The third-order valence-corrected chi connectivity index (χ3v) is 5.96. The summed E-state index contributed by atoms with van der Waals surface area (Å²) in [6, 6.07) is 8.40. The number of nitrogens with one attached hydrogen (secondary N) is 3. The second kappa shape index (κ2) is 15.6. The van der Waals surface area contributed by atoms with E-state index in [1.165, 1.54) is 24.3 Å². The van der Waals surface area contributed by atoms with Crippen LogP contribution in [0.1, 0.15) is 30.4 Å². The first-order chi connectivity index (χ1) is 19.3. The standard InChI is InChI=1S/C27H33N5O9/c28-18(10-11-22(29)34)24(37)30-19(12-16-6-8-17(33)9-7-16)25(38)31-20(14-23(35)36)26(39)32-21(27(40)41)13-15-4-2-1-3-5-15/h1-9,18-21,33H,10-14,28H2,(H2,29,34)(H,30,37)(H,31,38)(H,32,39)(H,35,36)(H,40,41). The van der Waals surface area contributed by atoms with Crippen LogP contribution in [0.25, 0.3) is 0 Å². The van der Waals surface area contributed by atoms with Crippen LogP contribution >= 0.6 is 0 Å². The monoisotopic (exact) mass is 571 g/mol. The van der Waals surface area contributed by atoms with Crippen molar-refractivity contribution in [1.29, 1.82) is 0 Å². The molecule has 0 heterocycles. The summed E-state index contributed by atoms with van der Waals surface area (Å²) < 4.78 is 0. The molecule has 2 aromatic rings. The van der Waals surface area contributed by atoms with Crippen LogP contribution in [-0.4, -0.2) is 75.1 Å². The van der Waals surface area contributed by atoms with Gasteiger partial charge < -0.3 is 42.7 Å². The van der Waals surface area contributed by atoms with E-state index in [0.29, 0.717) is 11.1 Å². The number of hydrogen-bond donors (Lipinski definition) is 8. The number of hydrogen-bond acceptors (Lipinski definition) is 8. The Bertz CT molecular complexity index is 1240. The number of carbonyl (C=O) groups is 6. The molecule has 2 aromatic carbocycles. The molecule has 0 radical (unpaired) electrons. The van der Waals surface area contributed by atoms with Crippen LogP contribution in [0.2, 0.25) is 0 Å². The maximum Gasteiger partial charge on any atom is 0.326 e. The first-order valence-electron chi connectivity index (χ1n) is 12.6. The molecule has 4 unspecified atom stereocenters. The van der Waals surface area contributed by atoms with Crippen LogP contribution in [-0.2, 0) is 41.6 Å². The zero-order chi connectivity index (χ0) is 30.5. The highest BCUT2D eigenvalue weighted by atomic mass is 16.4. The molecular weight excluding hydrogens is 538 g/mol. The van der Waals surface area contributed by atoms with Crippen molar-refractivity contribution in [1.82, 2.24) is 16.0 Å². The molecule has 0 bridgehead atoms. The fourth-order valence-electron chi connectivity index (χ4n) is 3.76. The molecule has 0 aliphatic rings. The van der Waals surface area contributed by atoms with Gasteiger partial charge in [0.15, 0.2) is 0 Å². The molecule has 0 saturated heterocycles. The zero-order valence-electron chi connectivity index (χ0n) is 22.0. The number of phenolic OH excluding ortho intramolecular Hbond substituents is 1. The van der Waals surface area contributed by atoms with Gasteiger partial charge in [-0.3, -0.25) is 24.0 Å². The highest BCUT2D eigenvalue weighted by Gasteiger charge is 2.32. The lowest BCUT2D eigenvalue weighted by atomic mass is 10.0. The average molecular weight is 572 g/mol. The lowest BCUT2D eigenvalue weighted by Gasteiger charge is -2.25.